The van der Waals surface area contributed by atoms with E-state index in [-0.39, 0.29) is 28.8 Å². The Morgan fingerprint density at radius 2 is 1.62 bits per heavy atom. The van der Waals surface area contributed by atoms with Crippen molar-refractivity contribution in [2.75, 3.05) is 13.7 Å². The lowest BCUT2D eigenvalue weighted by Gasteiger charge is -2.34. The van der Waals surface area contributed by atoms with Crippen molar-refractivity contribution < 1.29 is 19.1 Å². The van der Waals surface area contributed by atoms with E-state index in [1.807, 2.05) is 54.6 Å². The molecule has 1 aliphatic rings. The van der Waals surface area contributed by atoms with Crippen LogP contribution in [0.1, 0.15) is 50.7 Å². The Bertz CT molecular complexity index is 917. The van der Waals surface area contributed by atoms with Crippen LogP contribution in [0.4, 0.5) is 4.79 Å². The van der Waals surface area contributed by atoms with Gasteiger partial charge in [0.2, 0.25) is 5.24 Å². The van der Waals surface area contributed by atoms with Gasteiger partial charge in [-0.2, -0.15) is 0 Å². The SMILES string of the molecule is COc1ccc(CN(CC2(C)CCC(C)(CC(=O)Cl)C2)C(=O)OCc2ccccc2)cc1. The van der Waals surface area contributed by atoms with Gasteiger partial charge in [0.05, 0.1) is 7.11 Å². The highest BCUT2D eigenvalue weighted by Gasteiger charge is 2.44. The molecule has 0 radical (unpaired) electrons. The summed E-state index contributed by atoms with van der Waals surface area (Å²) in [6.45, 7) is 5.52. The molecule has 1 fully saturated rings. The summed E-state index contributed by atoms with van der Waals surface area (Å²) in [5.74, 6) is 0.774. The maximum Gasteiger partial charge on any atom is 0.410 e. The summed E-state index contributed by atoms with van der Waals surface area (Å²) in [6, 6.07) is 17.4. The molecule has 0 N–H and O–H groups in total. The molecule has 0 saturated heterocycles. The average molecular weight is 458 g/mol. The van der Waals surface area contributed by atoms with Crippen LogP contribution in [0.25, 0.3) is 0 Å². The zero-order valence-electron chi connectivity index (χ0n) is 19.1. The molecule has 172 valence electrons. The zero-order chi connectivity index (χ0) is 23.2. The van der Waals surface area contributed by atoms with Crippen LogP contribution in [0.15, 0.2) is 54.6 Å². The number of hydrogen-bond acceptors (Lipinski definition) is 4. The normalized spacial score (nSPS) is 22.4. The molecule has 0 spiro atoms. The summed E-state index contributed by atoms with van der Waals surface area (Å²) in [5.41, 5.74) is 1.71. The number of hydrogen-bond donors (Lipinski definition) is 0. The quantitative estimate of drug-likeness (QED) is 0.421. The fourth-order valence-electron chi connectivity index (χ4n) is 4.84. The third kappa shape index (κ3) is 6.73. The molecule has 2 aromatic carbocycles. The smallest absolute Gasteiger partial charge is 0.410 e. The molecule has 1 aliphatic carbocycles. The van der Waals surface area contributed by atoms with Gasteiger partial charge in [0.15, 0.2) is 0 Å². The number of methoxy groups -OCH3 is 1. The molecular formula is C26H32ClNO4. The minimum absolute atomic E-state index is 0.112. The Balaban J connectivity index is 1.73. The number of ether oxygens (including phenoxy) is 2. The fraction of sp³-hybridized carbons (Fsp3) is 0.462. The summed E-state index contributed by atoms with van der Waals surface area (Å²) >= 11 is 5.69. The van der Waals surface area contributed by atoms with E-state index in [9.17, 15) is 9.59 Å². The van der Waals surface area contributed by atoms with Gasteiger partial charge in [0.1, 0.15) is 12.4 Å². The van der Waals surface area contributed by atoms with Gasteiger partial charge in [-0.3, -0.25) is 4.79 Å². The Morgan fingerprint density at radius 1 is 0.969 bits per heavy atom. The van der Waals surface area contributed by atoms with Crippen LogP contribution in [0.3, 0.4) is 0 Å². The molecule has 5 nitrogen and oxygen atoms in total. The van der Waals surface area contributed by atoms with Crippen LogP contribution in [0, 0.1) is 10.8 Å². The molecule has 0 heterocycles. The van der Waals surface area contributed by atoms with Crippen LogP contribution in [-0.2, 0) is 22.7 Å². The third-order valence-electron chi connectivity index (χ3n) is 6.32. The second-order valence-electron chi connectivity index (χ2n) is 9.57. The van der Waals surface area contributed by atoms with Gasteiger partial charge < -0.3 is 14.4 Å². The highest BCUT2D eigenvalue weighted by Crippen LogP contribution is 2.51. The lowest BCUT2D eigenvalue weighted by atomic mass is 9.80. The van der Waals surface area contributed by atoms with E-state index in [0.717, 1.165) is 36.1 Å². The van der Waals surface area contributed by atoms with Crippen LogP contribution < -0.4 is 4.74 Å². The maximum atomic E-state index is 13.1. The monoisotopic (exact) mass is 457 g/mol. The number of amides is 1. The second kappa shape index (κ2) is 10.4. The number of benzene rings is 2. The van der Waals surface area contributed by atoms with E-state index in [4.69, 9.17) is 21.1 Å². The van der Waals surface area contributed by atoms with Crippen LogP contribution in [0.5, 0.6) is 5.75 Å². The first-order valence-corrected chi connectivity index (χ1v) is 11.4. The van der Waals surface area contributed by atoms with E-state index in [1.165, 1.54) is 0 Å². The molecule has 2 unspecified atom stereocenters. The van der Waals surface area contributed by atoms with Gasteiger partial charge in [-0.05, 0) is 65.0 Å². The predicted octanol–water partition coefficient (Wildman–Crippen LogP) is 6.19. The molecule has 1 amide bonds. The zero-order valence-corrected chi connectivity index (χ0v) is 19.9. The maximum absolute atomic E-state index is 13.1. The largest absolute Gasteiger partial charge is 0.497 e. The minimum atomic E-state index is -0.340. The van der Waals surface area contributed by atoms with E-state index in [1.54, 1.807) is 12.0 Å². The Kier molecular flexibility index (Phi) is 7.83. The molecule has 0 aromatic heterocycles. The summed E-state index contributed by atoms with van der Waals surface area (Å²) in [5, 5.41) is -0.297. The van der Waals surface area contributed by atoms with Crippen molar-refractivity contribution >= 4 is 22.9 Å². The summed E-state index contributed by atoms with van der Waals surface area (Å²) < 4.78 is 10.9. The number of halogens is 1. The Labute approximate surface area is 195 Å². The lowest BCUT2D eigenvalue weighted by Crippen LogP contribution is -2.39. The van der Waals surface area contributed by atoms with Gasteiger partial charge in [-0.15, -0.1) is 0 Å². The van der Waals surface area contributed by atoms with Gasteiger partial charge in [-0.1, -0.05) is 56.3 Å². The Hall–Kier alpha value is -2.53. The highest BCUT2D eigenvalue weighted by atomic mass is 35.5. The standard InChI is InChI=1S/C26H32ClNO4/c1-25(15-23(27)29)13-14-26(2,18-25)19-28(16-20-9-11-22(31-3)12-10-20)24(30)32-17-21-7-5-4-6-8-21/h4-12H,13-19H2,1-3H3. The molecule has 3 rings (SSSR count). The first kappa shape index (κ1) is 24.1. The second-order valence-corrected chi connectivity index (χ2v) is 10.00. The van der Waals surface area contributed by atoms with Gasteiger partial charge in [0.25, 0.3) is 0 Å². The van der Waals surface area contributed by atoms with E-state index >= 15 is 0 Å². The van der Waals surface area contributed by atoms with Crippen molar-refractivity contribution in [3.05, 3.63) is 65.7 Å². The third-order valence-corrected chi connectivity index (χ3v) is 6.45. The molecule has 0 aliphatic heterocycles. The van der Waals surface area contributed by atoms with E-state index < -0.39 is 0 Å². The van der Waals surface area contributed by atoms with Gasteiger partial charge in [-0.25, -0.2) is 4.79 Å². The number of nitrogens with zero attached hydrogens (tertiary/aromatic N) is 1. The molecule has 2 atom stereocenters. The summed E-state index contributed by atoms with van der Waals surface area (Å²) in [4.78, 5) is 26.4. The van der Waals surface area contributed by atoms with Crippen molar-refractivity contribution in [3.63, 3.8) is 0 Å². The van der Waals surface area contributed by atoms with Gasteiger partial charge in [0, 0.05) is 19.5 Å². The van der Waals surface area contributed by atoms with Crippen LogP contribution >= 0.6 is 11.6 Å². The van der Waals surface area contributed by atoms with Crippen molar-refractivity contribution in [2.45, 2.75) is 52.7 Å². The van der Waals surface area contributed by atoms with Crippen molar-refractivity contribution in [1.29, 1.82) is 0 Å². The first-order chi connectivity index (χ1) is 15.2. The molecule has 2 aromatic rings. The summed E-state index contributed by atoms with van der Waals surface area (Å²) in [6.07, 6.45) is 2.70. The number of carbonyl (C=O) groups is 2. The molecule has 6 heteroatoms. The molecule has 32 heavy (non-hydrogen) atoms. The first-order valence-electron chi connectivity index (χ1n) is 11.0. The van der Waals surface area contributed by atoms with Crippen LogP contribution in [0.2, 0.25) is 0 Å². The molecular weight excluding hydrogens is 426 g/mol. The Morgan fingerprint density at radius 3 is 2.25 bits per heavy atom. The summed E-state index contributed by atoms with van der Waals surface area (Å²) in [7, 11) is 1.63. The van der Waals surface area contributed by atoms with Crippen molar-refractivity contribution in [2.24, 2.45) is 10.8 Å². The molecule has 0 bridgehead atoms. The van der Waals surface area contributed by atoms with Crippen molar-refractivity contribution in [3.8, 4) is 5.75 Å². The molecule has 1 saturated carbocycles. The van der Waals surface area contributed by atoms with Crippen molar-refractivity contribution in [1.82, 2.24) is 4.90 Å². The van der Waals surface area contributed by atoms with E-state index in [2.05, 4.69) is 13.8 Å². The minimum Gasteiger partial charge on any atom is -0.497 e. The predicted molar refractivity (Wildman–Crippen MR) is 126 cm³/mol. The lowest BCUT2D eigenvalue weighted by molar-refractivity contribution is -0.113. The van der Waals surface area contributed by atoms with Gasteiger partial charge >= 0.3 is 6.09 Å². The number of rotatable bonds is 9. The topological polar surface area (TPSA) is 55.8 Å². The number of carbonyl (C=O) groups excluding carboxylic acids is 2. The van der Waals surface area contributed by atoms with Crippen LogP contribution in [-0.4, -0.2) is 29.9 Å². The highest BCUT2D eigenvalue weighted by molar-refractivity contribution is 6.63. The average Bonchev–Trinajstić information content (AvgIpc) is 3.06. The van der Waals surface area contributed by atoms with E-state index in [0.29, 0.717) is 19.5 Å². The fourth-order valence-corrected chi connectivity index (χ4v) is 5.16.